The number of hydrogen-bond donors (Lipinski definition) is 1. The Kier molecular flexibility index (Phi) is 4.01. The smallest absolute Gasteiger partial charge is 0.341 e. The maximum absolute atomic E-state index is 11.8. The van der Waals surface area contributed by atoms with E-state index in [2.05, 4.69) is 17.3 Å². The van der Waals surface area contributed by atoms with Crippen LogP contribution in [0, 0.1) is 5.92 Å². The molecule has 0 aromatic carbocycles. The van der Waals surface area contributed by atoms with Crippen molar-refractivity contribution in [3.63, 3.8) is 0 Å². The van der Waals surface area contributed by atoms with Gasteiger partial charge in [-0.25, -0.2) is 4.79 Å². The predicted octanol–water partition coefficient (Wildman–Crippen LogP) is 1.48. The number of aryl methyl sites for hydroxylation is 1. The Morgan fingerprint density at radius 3 is 3.00 bits per heavy atom. The fourth-order valence-electron chi connectivity index (χ4n) is 2.07. The summed E-state index contributed by atoms with van der Waals surface area (Å²) >= 11 is 0. The SMILES string of the molecule is CCOC(=O)c1cnn(C)c1CNC(C)C1CC1. The van der Waals surface area contributed by atoms with Crippen LogP contribution in [0.15, 0.2) is 6.20 Å². The second-order valence-electron chi connectivity index (χ2n) is 4.86. The first-order valence-electron chi connectivity index (χ1n) is 6.54. The minimum atomic E-state index is -0.290. The molecule has 1 aromatic rings. The van der Waals surface area contributed by atoms with Crippen LogP contribution in [-0.4, -0.2) is 28.4 Å². The molecule has 1 fully saturated rings. The number of nitrogens with one attached hydrogen (secondary N) is 1. The first-order valence-corrected chi connectivity index (χ1v) is 6.54. The van der Waals surface area contributed by atoms with Gasteiger partial charge in [-0.05, 0) is 32.6 Å². The number of ether oxygens (including phenoxy) is 1. The van der Waals surface area contributed by atoms with E-state index in [1.807, 2.05) is 7.05 Å². The summed E-state index contributed by atoms with van der Waals surface area (Å²) in [4.78, 5) is 11.8. The molecule has 1 heterocycles. The van der Waals surface area contributed by atoms with Gasteiger partial charge in [-0.2, -0.15) is 5.10 Å². The van der Waals surface area contributed by atoms with Gasteiger partial charge in [-0.3, -0.25) is 4.68 Å². The van der Waals surface area contributed by atoms with Gasteiger partial charge in [-0.1, -0.05) is 0 Å². The molecule has 5 heteroatoms. The summed E-state index contributed by atoms with van der Waals surface area (Å²) < 4.78 is 6.76. The van der Waals surface area contributed by atoms with E-state index in [4.69, 9.17) is 4.74 Å². The molecule has 5 nitrogen and oxygen atoms in total. The molecule has 0 amide bonds. The fourth-order valence-corrected chi connectivity index (χ4v) is 2.07. The molecule has 1 aromatic heterocycles. The van der Waals surface area contributed by atoms with Gasteiger partial charge in [0.25, 0.3) is 0 Å². The van der Waals surface area contributed by atoms with Gasteiger partial charge < -0.3 is 10.1 Å². The first-order chi connectivity index (χ1) is 8.63. The van der Waals surface area contributed by atoms with Gasteiger partial charge in [0.2, 0.25) is 0 Å². The van der Waals surface area contributed by atoms with Crippen molar-refractivity contribution in [2.45, 2.75) is 39.3 Å². The lowest BCUT2D eigenvalue weighted by Gasteiger charge is -2.13. The van der Waals surface area contributed by atoms with Gasteiger partial charge in [0.05, 0.1) is 18.5 Å². The Labute approximate surface area is 108 Å². The standard InChI is InChI=1S/C13H21N3O2/c1-4-18-13(17)11-7-15-16(3)12(11)8-14-9(2)10-5-6-10/h7,9-10,14H,4-6,8H2,1-3H3. The van der Waals surface area contributed by atoms with Crippen LogP contribution < -0.4 is 5.32 Å². The van der Waals surface area contributed by atoms with E-state index >= 15 is 0 Å². The van der Waals surface area contributed by atoms with Gasteiger partial charge in [0.1, 0.15) is 5.56 Å². The predicted molar refractivity (Wildman–Crippen MR) is 68.2 cm³/mol. The average Bonchev–Trinajstić information content (AvgIpc) is 3.11. The van der Waals surface area contributed by atoms with Crippen LogP contribution in [0.1, 0.15) is 42.7 Å². The molecule has 0 spiro atoms. The molecular formula is C13H21N3O2. The summed E-state index contributed by atoms with van der Waals surface area (Å²) in [5, 5.41) is 7.59. The van der Waals surface area contributed by atoms with Crippen molar-refractivity contribution in [3.8, 4) is 0 Å². The first kappa shape index (κ1) is 13.1. The van der Waals surface area contributed by atoms with Crippen molar-refractivity contribution in [1.82, 2.24) is 15.1 Å². The van der Waals surface area contributed by atoms with Gasteiger partial charge in [0, 0.05) is 19.6 Å². The van der Waals surface area contributed by atoms with E-state index in [9.17, 15) is 4.79 Å². The zero-order valence-corrected chi connectivity index (χ0v) is 11.3. The van der Waals surface area contributed by atoms with E-state index in [1.54, 1.807) is 17.8 Å². The number of carbonyl (C=O) groups is 1. The molecular weight excluding hydrogens is 230 g/mol. The lowest BCUT2D eigenvalue weighted by atomic mass is 10.2. The van der Waals surface area contributed by atoms with E-state index in [0.717, 1.165) is 11.6 Å². The topological polar surface area (TPSA) is 56.1 Å². The summed E-state index contributed by atoms with van der Waals surface area (Å²) in [7, 11) is 1.85. The summed E-state index contributed by atoms with van der Waals surface area (Å²) in [5.41, 5.74) is 1.45. The zero-order valence-electron chi connectivity index (χ0n) is 11.3. The van der Waals surface area contributed by atoms with Crippen molar-refractivity contribution >= 4 is 5.97 Å². The quantitative estimate of drug-likeness (QED) is 0.778. The van der Waals surface area contributed by atoms with Crippen molar-refractivity contribution < 1.29 is 9.53 Å². The molecule has 2 rings (SSSR count). The Morgan fingerprint density at radius 1 is 1.67 bits per heavy atom. The van der Waals surface area contributed by atoms with Gasteiger partial charge in [-0.15, -0.1) is 0 Å². The van der Waals surface area contributed by atoms with Crippen molar-refractivity contribution in [2.24, 2.45) is 13.0 Å². The highest BCUT2D eigenvalue weighted by Crippen LogP contribution is 2.32. The molecule has 1 saturated carbocycles. The second-order valence-corrected chi connectivity index (χ2v) is 4.86. The molecule has 1 unspecified atom stereocenters. The van der Waals surface area contributed by atoms with Crippen molar-refractivity contribution in [3.05, 3.63) is 17.5 Å². The Bertz CT molecular complexity index is 424. The maximum Gasteiger partial charge on any atom is 0.341 e. The Morgan fingerprint density at radius 2 is 2.39 bits per heavy atom. The van der Waals surface area contributed by atoms with Crippen LogP contribution in [-0.2, 0) is 18.3 Å². The third-order valence-electron chi connectivity index (χ3n) is 3.48. The highest BCUT2D eigenvalue weighted by Gasteiger charge is 2.28. The minimum Gasteiger partial charge on any atom is -0.462 e. The summed E-state index contributed by atoms with van der Waals surface area (Å²) in [6.07, 6.45) is 4.20. The fraction of sp³-hybridized carbons (Fsp3) is 0.692. The summed E-state index contributed by atoms with van der Waals surface area (Å²) in [5.74, 6) is 0.505. The normalized spacial score (nSPS) is 16.6. The molecule has 0 bridgehead atoms. The molecule has 18 heavy (non-hydrogen) atoms. The average molecular weight is 251 g/mol. The number of carbonyl (C=O) groups excluding carboxylic acids is 1. The molecule has 0 aliphatic heterocycles. The number of nitrogens with zero attached hydrogens (tertiary/aromatic N) is 2. The Balaban J connectivity index is 2.01. The number of aromatic nitrogens is 2. The molecule has 1 aliphatic carbocycles. The van der Waals surface area contributed by atoms with Crippen LogP contribution in [0.4, 0.5) is 0 Å². The van der Waals surface area contributed by atoms with Gasteiger partial charge >= 0.3 is 5.97 Å². The van der Waals surface area contributed by atoms with Crippen LogP contribution in [0.5, 0.6) is 0 Å². The molecule has 1 aliphatic rings. The molecule has 1 atom stereocenters. The van der Waals surface area contributed by atoms with E-state index in [0.29, 0.717) is 24.8 Å². The van der Waals surface area contributed by atoms with Crippen LogP contribution in [0.25, 0.3) is 0 Å². The molecule has 0 saturated heterocycles. The highest BCUT2D eigenvalue weighted by atomic mass is 16.5. The lowest BCUT2D eigenvalue weighted by Crippen LogP contribution is -2.29. The Hall–Kier alpha value is -1.36. The lowest BCUT2D eigenvalue weighted by molar-refractivity contribution is 0.0524. The maximum atomic E-state index is 11.8. The van der Waals surface area contributed by atoms with Gasteiger partial charge in [0.15, 0.2) is 0 Å². The van der Waals surface area contributed by atoms with Crippen LogP contribution >= 0.6 is 0 Å². The van der Waals surface area contributed by atoms with E-state index < -0.39 is 0 Å². The monoisotopic (exact) mass is 251 g/mol. The minimum absolute atomic E-state index is 0.290. The number of esters is 1. The van der Waals surface area contributed by atoms with Crippen LogP contribution in [0.2, 0.25) is 0 Å². The molecule has 100 valence electrons. The third kappa shape index (κ3) is 2.90. The number of rotatable bonds is 6. The number of hydrogen-bond acceptors (Lipinski definition) is 4. The third-order valence-corrected chi connectivity index (χ3v) is 3.48. The highest BCUT2D eigenvalue weighted by molar-refractivity contribution is 5.90. The van der Waals surface area contributed by atoms with Crippen LogP contribution in [0.3, 0.4) is 0 Å². The second kappa shape index (κ2) is 5.52. The van der Waals surface area contributed by atoms with Crippen molar-refractivity contribution in [2.75, 3.05) is 6.61 Å². The summed E-state index contributed by atoms with van der Waals surface area (Å²) in [6, 6.07) is 0.495. The largest absolute Gasteiger partial charge is 0.462 e. The van der Waals surface area contributed by atoms with Crippen molar-refractivity contribution in [1.29, 1.82) is 0 Å². The van der Waals surface area contributed by atoms with E-state index in [1.165, 1.54) is 12.8 Å². The summed E-state index contributed by atoms with van der Waals surface area (Å²) in [6.45, 7) is 5.04. The van der Waals surface area contributed by atoms with E-state index in [-0.39, 0.29) is 5.97 Å². The molecule has 1 N–H and O–H groups in total. The molecule has 0 radical (unpaired) electrons. The zero-order chi connectivity index (χ0) is 13.1.